The molecule has 5 heteroatoms. The first-order valence-corrected chi connectivity index (χ1v) is 6.53. The molecule has 1 atom stereocenters. The zero-order valence-corrected chi connectivity index (χ0v) is 11.6. The van der Waals surface area contributed by atoms with E-state index < -0.39 is 17.7 Å². The third kappa shape index (κ3) is 3.96. The highest BCUT2D eigenvalue weighted by molar-refractivity contribution is 5.39. The summed E-state index contributed by atoms with van der Waals surface area (Å²) in [7, 11) is 0. The molecule has 0 radical (unpaired) electrons. The summed E-state index contributed by atoms with van der Waals surface area (Å²) in [4.78, 5) is 0. The van der Waals surface area contributed by atoms with Crippen LogP contribution >= 0.6 is 0 Å². The summed E-state index contributed by atoms with van der Waals surface area (Å²) in [6.07, 6.45) is 4.03. The van der Waals surface area contributed by atoms with E-state index in [-0.39, 0.29) is 18.8 Å². The average Bonchev–Trinajstić information content (AvgIpc) is 2.54. The van der Waals surface area contributed by atoms with Gasteiger partial charge in [-0.15, -0.1) is 6.42 Å². The Labute approximate surface area is 127 Å². The lowest BCUT2D eigenvalue weighted by molar-refractivity contribution is 0.105. The van der Waals surface area contributed by atoms with Gasteiger partial charge in [0, 0.05) is 0 Å². The van der Waals surface area contributed by atoms with E-state index in [1.54, 1.807) is 24.3 Å². The van der Waals surface area contributed by atoms with Gasteiger partial charge in [-0.2, -0.15) is 0 Å². The van der Waals surface area contributed by atoms with Crippen LogP contribution in [0.15, 0.2) is 42.5 Å². The Kier molecular flexibility index (Phi) is 5.34. The van der Waals surface area contributed by atoms with Gasteiger partial charge in [0.1, 0.15) is 19.3 Å². The molecule has 0 amide bonds. The van der Waals surface area contributed by atoms with Crippen molar-refractivity contribution in [3.8, 4) is 23.8 Å². The van der Waals surface area contributed by atoms with E-state index in [4.69, 9.17) is 15.9 Å². The van der Waals surface area contributed by atoms with Crippen molar-refractivity contribution in [3.63, 3.8) is 0 Å². The van der Waals surface area contributed by atoms with E-state index in [1.807, 2.05) is 0 Å². The number of ether oxygens (including phenoxy) is 2. The van der Waals surface area contributed by atoms with Gasteiger partial charge in [-0.25, -0.2) is 8.78 Å². The van der Waals surface area contributed by atoms with E-state index in [0.29, 0.717) is 11.5 Å². The molecule has 2 aromatic rings. The monoisotopic (exact) mass is 304 g/mol. The maximum atomic E-state index is 13.1. The van der Waals surface area contributed by atoms with Gasteiger partial charge < -0.3 is 14.6 Å². The van der Waals surface area contributed by atoms with Gasteiger partial charge in [0.2, 0.25) is 0 Å². The smallest absolute Gasteiger partial charge is 0.162 e. The van der Waals surface area contributed by atoms with Gasteiger partial charge in [-0.1, -0.05) is 24.1 Å². The molecule has 3 nitrogen and oxygen atoms in total. The molecule has 0 aliphatic rings. The lowest BCUT2D eigenvalue weighted by atomic mass is 10.1. The number of benzene rings is 2. The third-order valence-electron chi connectivity index (χ3n) is 2.89. The molecular weight excluding hydrogens is 290 g/mol. The lowest BCUT2D eigenvalue weighted by Gasteiger charge is -2.15. The predicted octanol–water partition coefficient (Wildman–Crippen LogP) is 3.09. The SMILES string of the molecule is C#CCOc1ccccc1OCC(O)c1ccc(F)c(F)c1. The first-order chi connectivity index (χ1) is 10.6. The molecule has 1 unspecified atom stereocenters. The second-order valence-electron chi connectivity index (χ2n) is 4.44. The number of terminal acetylenes is 1. The van der Waals surface area contributed by atoms with Crippen LogP contribution in [0.5, 0.6) is 11.5 Å². The van der Waals surface area contributed by atoms with Gasteiger partial charge in [-0.05, 0) is 29.8 Å². The van der Waals surface area contributed by atoms with Gasteiger partial charge in [0.05, 0.1) is 0 Å². The van der Waals surface area contributed by atoms with Crippen molar-refractivity contribution in [1.29, 1.82) is 0 Å². The molecule has 0 heterocycles. The van der Waals surface area contributed by atoms with E-state index in [0.717, 1.165) is 12.1 Å². The minimum Gasteiger partial charge on any atom is -0.487 e. The number of rotatable bonds is 6. The van der Waals surface area contributed by atoms with E-state index in [9.17, 15) is 13.9 Å². The zero-order chi connectivity index (χ0) is 15.9. The first kappa shape index (κ1) is 15.8. The highest BCUT2D eigenvalue weighted by Gasteiger charge is 2.13. The number of aliphatic hydroxyl groups is 1. The van der Waals surface area contributed by atoms with E-state index in [1.165, 1.54) is 6.07 Å². The Balaban J connectivity index is 2.03. The Morgan fingerprint density at radius 2 is 1.73 bits per heavy atom. The van der Waals surface area contributed by atoms with Crippen molar-refractivity contribution in [2.75, 3.05) is 13.2 Å². The number of halogens is 2. The quantitative estimate of drug-likeness (QED) is 0.834. The molecule has 22 heavy (non-hydrogen) atoms. The normalized spacial score (nSPS) is 11.5. The fourth-order valence-corrected chi connectivity index (χ4v) is 1.79. The predicted molar refractivity (Wildman–Crippen MR) is 77.6 cm³/mol. The minimum absolute atomic E-state index is 0.0894. The molecule has 0 bridgehead atoms. The number of para-hydroxylation sites is 2. The summed E-state index contributed by atoms with van der Waals surface area (Å²) in [5.74, 6) is 1.20. The maximum absolute atomic E-state index is 13.1. The molecule has 2 rings (SSSR count). The largest absolute Gasteiger partial charge is 0.487 e. The molecule has 0 aromatic heterocycles. The Hall–Kier alpha value is -2.58. The van der Waals surface area contributed by atoms with Crippen molar-refractivity contribution in [2.45, 2.75) is 6.10 Å². The zero-order valence-electron chi connectivity index (χ0n) is 11.6. The van der Waals surface area contributed by atoms with E-state index >= 15 is 0 Å². The molecule has 0 spiro atoms. The summed E-state index contributed by atoms with van der Waals surface area (Å²) in [6, 6.07) is 10.0. The van der Waals surface area contributed by atoms with Crippen LogP contribution in [0.4, 0.5) is 8.78 Å². The van der Waals surface area contributed by atoms with Crippen molar-refractivity contribution in [1.82, 2.24) is 0 Å². The standard InChI is InChI=1S/C17H14F2O3/c1-2-9-21-16-5-3-4-6-17(16)22-11-15(20)12-7-8-13(18)14(19)10-12/h1,3-8,10,15,20H,9,11H2. The highest BCUT2D eigenvalue weighted by atomic mass is 19.2. The topological polar surface area (TPSA) is 38.7 Å². The molecule has 114 valence electrons. The first-order valence-electron chi connectivity index (χ1n) is 6.53. The second kappa shape index (κ2) is 7.43. The molecule has 0 fully saturated rings. The van der Waals surface area contributed by atoms with Crippen LogP contribution in [-0.2, 0) is 0 Å². The van der Waals surface area contributed by atoms with Crippen LogP contribution in [0.3, 0.4) is 0 Å². The summed E-state index contributed by atoms with van der Waals surface area (Å²) in [5.41, 5.74) is 0.223. The van der Waals surface area contributed by atoms with Crippen LogP contribution in [0.1, 0.15) is 11.7 Å². The summed E-state index contributed by atoms with van der Waals surface area (Å²) in [5, 5.41) is 9.98. The summed E-state index contributed by atoms with van der Waals surface area (Å²) >= 11 is 0. The van der Waals surface area contributed by atoms with E-state index in [2.05, 4.69) is 5.92 Å². The second-order valence-corrected chi connectivity index (χ2v) is 4.44. The van der Waals surface area contributed by atoms with Crippen LogP contribution in [0.2, 0.25) is 0 Å². The number of hydrogen-bond donors (Lipinski definition) is 1. The average molecular weight is 304 g/mol. The van der Waals surface area contributed by atoms with Gasteiger partial charge in [0.25, 0.3) is 0 Å². The van der Waals surface area contributed by atoms with Crippen molar-refractivity contribution >= 4 is 0 Å². The van der Waals surface area contributed by atoms with Crippen LogP contribution in [0.25, 0.3) is 0 Å². The highest BCUT2D eigenvalue weighted by Crippen LogP contribution is 2.27. The number of hydrogen-bond acceptors (Lipinski definition) is 3. The summed E-state index contributed by atoms with van der Waals surface area (Å²) < 4.78 is 36.8. The number of aliphatic hydroxyl groups excluding tert-OH is 1. The van der Waals surface area contributed by atoms with Crippen LogP contribution < -0.4 is 9.47 Å². The molecule has 0 saturated heterocycles. The molecule has 2 aromatic carbocycles. The van der Waals surface area contributed by atoms with Gasteiger partial charge in [-0.3, -0.25) is 0 Å². The van der Waals surface area contributed by atoms with Gasteiger partial charge in [0.15, 0.2) is 23.1 Å². The molecular formula is C17H14F2O3. The Morgan fingerprint density at radius 1 is 1.05 bits per heavy atom. The third-order valence-corrected chi connectivity index (χ3v) is 2.89. The fourth-order valence-electron chi connectivity index (χ4n) is 1.79. The van der Waals surface area contributed by atoms with Crippen molar-refractivity contribution in [2.24, 2.45) is 0 Å². The molecule has 1 N–H and O–H groups in total. The van der Waals surface area contributed by atoms with Crippen LogP contribution in [-0.4, -0.2) is 18.3 Å². The molecule has 0 aliphatic carbocycles. The lowest BCUT2D eigenvalue weighted by Crippen LogP contribution is -2.11. The molecule has 0 aliphatic heterocycles. The maximum Gasteiger partial charge on any atom is 0.162 e. The summed E-state index contributed by atoms with van der Waals surface area (Å²) in [6.45, 7) is -0.0480. The van der Waals surface area contributed by atoms with Gasteiger partial charge >= 0.3 is 0 Å². The minimum atomic E-state index is -1.10. The van der Waals surface area contributed by atoms with Crippen LogP contribution in [0, 0.1) is 24.0 Å². The fraction of sp³-hybridized carbons (Fsp3) is 0.176. The van der Waals surface area contributed by atoms with Crippen molar-refractivity contribution in [3.05, 3.63) is 59.7 Å². The van der Waals surface area contributed by atoms with Crippen molar-refractivity contribution < 1.29 is 23.4 Å². The Bertz CT molecular complexity index is 680. The molecule has 0 saturated carbocycles. The Morgan fingerprint density at radius 3 is 2.36 bits per heavy atom.